The maximum atomic E-state index is 13.8. The molecule has 0 spiro atoms. The molecule has 0 unspecified atom stereocenters. The Bertz CT molecular complexity index is 719. The van der Waals surface area contributed by atoms with Crippen molar-refractivity contribution in [2.75, 3.05) is 18.0 Å². The second kappa shape index (κ2) is 6.76. The van der Waals surface area contributed by atoms with Crippen molar-refractivity contribution in [3.63, 3.8) is 0 Å². The van der Waals surface area contributed by atoms with Crippen molar-refractivity contribution in [1.29, 1.82) is 0 Å². The van der Waals surface area contributed by atoms with E-state index in [0.29, 0.717) is 18.4 Å². The summed E-state index contributed by atoms with van der Waals surface area (Å²) in [6, 6.07) is 1.53. The Morgan fingerprint density at radius 2 is 1.79 bits per heavy atom. The van der Waals surface area contributed by atoms with Gasteiger partial charge >= 0.3 is 0 Å². The molecule has 0 saturated carbocycles. The molecule has 128 valence electrons. The summed E-state index contributed by atoms with van der Waals surface area (Å²) >= 11 is 1.40. The normalized spacial score (nSPS) is 15.6. The number of nitrogens with one attached hydrogen (secondary N) is 1. The van der Waals surface area contributed by atoms with Crippen LogP contribution in [0.25, 0.3) is 0 Å². The first-order valence-corrected chi connectivity index (χ1v) is 8.19. The van der Waals surface area contributed by atoms with E-state index in [4.69, 9.17) is 0 Å². The Kier molecular flexibility index (Phi) is 4.70. The Morgan fingerprint density at radius 3 is 2.33 bits per heavy atom. The maximum Gasteiger partial charge on any atom is 0.253 e. The number of thiophene rings is 1. The third kappa shape index (κ3) is 3.21. The number of rotatable bonds is 3. The van der Waals surface area contributed by atoms with Crippen LogP contribution in [0.4, 0.5) is 23.2 Å². The Morgan fingerprint density at radius 1 is 1.17 bits per heavy atom. The number of hydrogen-bond acceptors (Lipinski definition) is 4. The van der Waals surface area contributed by atoms with Crippen LogP contribution in [0.5, 0.6) is 0 Å². The van der Waals surface area contributed by atoms with E-state index >= 15 is 0 Å². The van der Waals surface area contributed by atoms with Gasteiger partial charge in [0.1, 0.15) is 5.69 Å². The van der Waals surface area contributed by atoms with E-state index in [-0.39, 0.29) is 25.0 Å². The second-order valence-corrected chi connectivity index (χ2v) is 6.20. The average molecular weight is 359 g/mol. The molecule has 0 atom stereocenters. The molecule has 0 radical (unpaired) electrons. The highest BCUT2D eigenvalue weighted by Gasteiger charge is 2.29. The Hall–Kier alpha value is -2.16. The van der Waals surface area contributed by atoms with Crippen LogP contribution >= 0.6 is 11.3 Å². The zero-order valence-corrected chi connectivity index (χ0v) is 13.2. The first-order chi connectivity index (χ1) is 11.5. The molecular formula is C15H13F4N3OS. The van der Waals surface area contributed by atoms with E-state index in [1.807, 2.05) is 0 Å². The van der Waals surface area contributed by atoms with E-state index in [1.165, 1.54) is 16.2 Å². The van der Waals surface area contributed by atoms with Gasteiger partial charge in [0, 0.05) is 30.1 Å². The van der Waals surface area contributed by atoms with Crippen LogP contribution in [-0.2, 0) is 0 Å². The van der Waals surface area contributed by atoms with Crippen LogP contribution in [0.3, 0.4) is 0 Å². The molecule has 0 bridgehead atoms. The van der Waals surface area contributed by atoms with Gasteiger partial charge in [-0.2, -0.15) is 33.9 Å². The average Bonchev–Trinajstić information content (AvgIpc) is 3.09. The van der Waals surface area contributed by atoms with Crippen LogP contribution < -0.4 is 10.2 Å². The lowest BCUT2D eigenvalue weighted by atomic mass is 10.0. The molecule has 0 aliphatic carbocycles. The van der Waals surface area contributed by atoms with Crippen molar-refractivity contribution in [2.24, 2.45) is 0 Å². The van der Waals surface area contributed by atoms with Crippen LogP contribution in [0.15, 0.2) is 16.8 Å². The molecule has 1 fully saturated rings. The number of piperidine rings is 1. The van der Waals surface area contributed by atoms with Gasteiger partial charge in [0.25, 0.3) is 17.8 Å². The molecule has 24 heavy (non-hydrogen) atoms. The van der Waals surface area contributed by atoms with Crippen molar-refractivity contribution < 1.29 is 22.4 Å². The number of nitrogens with zero attached hydrogens (tertiary/aromatic N) is 2. The molecular weight excluding hydrogens is 346 g/mol. The predicted octanol–water partition coefficient (Wildman–Crippen LogP) is 3.10. The van der Waals surface area contributed by atoms with Crippen molar-refractivity contribution in [2.45, 2.75) is 18.9 Å². The summed E-state index contributed by atoms with van der Waals surface area (Å²) in [7, 11) is 0. The molecule has 2 aromatic heterocycles. The molecule has 3 rings (SSSR count). The topological polar surface area (TPSA) is 45.2 Å². The fourth-order valence-electron chi connectivity index (χ4n) is 2.66. The second-order valence-electron chi connectivity index (χ2n) is 5.42. The molecule has 1 aliphatic rings. The molecule has 1 amide bonds. The predicted molar refractivity (Wildman–Crippen MR) is 81.1 cm³/mol. The monoisotopic (exact) mass is 359 g/mol. The zero-order chi connectivity index (χ0) is 17.3. The molecule has 4 nitrogen and oxygen atoms in total. The van der Waals surface area contributed by atoms with Gasteiger partial charge in [-0.15, -0.1) is 0 Å². The summed E-state index contributed by atoms with van der Waals surface area (Å²) in [5.74, 6) is -6.56. The SMILES string of the molecule is O=C(NC1CCN(c2c(F)c(F)nc(F)c2F)CC1)c1ccsc1. The minimum atomic E-state index is -1.67. The highest BCUT2D eigenvalue weighted by Crippen LogP contribution is 2.28. The minimum Gasteiger partial charge on any atom is -0.366 e. The van der Waals surface area contributed by atoms with E-state index in [2.05, 4.69) is 10.3 Å². The number of carbonyl (C=O) groups excluding carboxylic acids is 1. The highest BCUT2D eigenvalue weighted by molar-refractivity contribution is 7.08. The van der Waals surface area contributed by atoms with Gasteiger partial charge in [-0.3, -0.25) is 4.79 Å². The smallest absolute Gasteiger partial charge is 0.253 e. The maximum absolute atomic E-state index is 13.8. The van der Waals surface area contributed by atoms with Crippen molar-refractivity contribution in [3.8, 4) is 0 Å². The number of carbonyl (C=O) groups is 1. The molecule has 9 heteroatoms. The fourth-order valence-corrected chi connectivity index (χ4v) is 3.30. The first-order valence-electron chi connectivity index (χ1n) is 7.25. The van der Waals surface area contributed by atoms with Crippen LogP contribution in [0.1, 0.15) is 23.2 Å². The Labute approximate surface area is 139 Å². The highest BCUT2D eigenvalue weighted by atomic mass is 32.1. The van der Waals surface area contributed by atoms with E-state index in [0.717, 1.165) is 0 Å². The molecule has 1 N–H and O–H groups in total. The quantitative estimate of drug-likeness (QED) is 0.677. The van der Waals surface area contributed by atoms with E-state index in [1.54, 1.807) is 16.8 Å². The number of halogens is 4. The van der Waals surface area contributed by atoms with Gasteiger partial charge < -0.3 is 10.2 Å². The minimum absolute atomic E-state index is 0.158. The summed E-state index contributed by atoms with van der Waals surface area (Å²) < 4.78 is 53.9. The standard InChI is InChI=1S/C15H13F4N3OS/c16-10-12(11(17)14(19)21-13(10)18)22-4-1-9(2-5-22)20-15(23)8-3-6-24-7-8/h3,6-7,9H,1-2,4-5H2,(H,20,23). The number of anilines is 1. The van der Waals surface area contributed by atoms with Gasteiger partial charge in [0.05, 0.1) is 0 Å². The largest absolute Gasteiger partial charge is 0.366 e. The van der Waals surface area contributed by atoms with Gasteiger partial charge in [0.2, 0.25) is 11.6 Å². The molecule has 0 aromatic carbocycles. The molecule has 1 aliphatic heterocycles. The van der Waals surface area contributed by atoms with Crippen molar-refractivity contribution in [3.05, 3.63) is 45.9 Å². The summed E-state index contributed by atoms with van der Waals surface area (Å²) in [5, 5.41) is 6.35. The van der Waals surface area contributed by atoms with Crippen molar-refractivity contribution >= 4 is 22.9 Å². The summed E-state index contributed by atoms with van der Waals surface area (Å²) in [6.07, 6.45) is 0.806. The first kappa shape index (κ1) is 16.7. The lowest BCUT2D eigenvalue weighted by Crippen LogP contribution is -2.45. The number of aromatic nitrogens is 1. The third-order valence-corrected chi connectivity index (χ3v) is 4.59. The van der Waals surface area contributed by atoms with Crippen molar-refractivity contribution in [1.82, 2.24) is 10.3 Å². The summed E-state index contributed by atoms with van der Waals surface area (Å²) in [5.41, 5.74) is -0.194. The van der Waals surface area contributed by atoms with Gasteiger partial charge in [0.15, 0.2) is 0 Å². The lowest BCUT2D eigenvalue weighted by molar-refractivity contribution is 0.0931. The number of pyridine rings is 1. The summed E-state index contributed by atoms with van der Waals surface area (Å²) in [4.78, 5) is 15.8. The van der Waals surface area contributed by atoms with Gasteiger partial charge in [-0.25, -0.2) is 0 Å². The van der Waals surface area contributed by atoms with Gasteiger partial charge in [-0.1, -0.05) is 0 Å². The van der Waals surface area contributed by atoms with E-state index in [9.17, 15) is 22.4 Å². The Balaban J connectivity index is 1.67. The van der Waals surface area contributed by atoms with Gasteiger partial charge in [-0.05, 0) is 24.3 Å². The van der Waals surface area contributed by atoms with E-state index < -0.39 is 29.2 Å². The molecule has 2 aromatic rings. The van der Waals surface area contributed by atoms with Crippen LogP contribution in [0, 0.1) is 23.5 Å². The van der Waals surface area contributed by atoms with Crippen LogP contribution in [-0.4, -0.2) is 30.0 Å². The number of amides is 1. The lowest BCUT2D eigenvalue weighted by Gasteiger charge is -2.34. The molecule has 1 saturated heterocycles. The summed E-state index contributed by atoms with van der Waals surface area (Å²) in [6.45, 7) is 0.316. The number of hydrogen-bond donors (Lipinski definition) is 1. The van der Waals surface area contributed by atoms with Crippen LogP contribution in [0.2, 0.25) is 0 Å². The zero-order valence-electron chi connectivity index (χ0n) is 12.4. The molecule has 3 heterocycles. The fraction of sp³-hybridized carbons (Fsp3) is 0.333. The third-order valence-electron chi connectivity index (χ3n) is 3.90.